The second-order valence-corrected chi connectivity index (χ2v) is 4.44. The summed E-state index contributed by atoms with van der Waals surface area (Å²) in [6.07, 6.45) is 0. The molecule has 0 aromatic heterocycles. The molecule has 22 heavy (non-hydrogen) atoms. The Balaban J connectivity index is 1.87. The minimum atomic E-state index is -0.636. The van der Waals surface area contributed by atoms with Gasteiger partial charge in [0.05, 0.1) is 19.2 Å². The summed E-state index contributed by atoms with van der Waals surface area (Å²) in [4.78, 5) is 23.5. The number of amides is 2. The fourth-order valence-electron chi connectivity index (χ4n) is 1.78. The normalized spacial score (nSPS) is 9.91. The van der Waals surface area contributed by atoms with Gasteiger partial charge in [0.25, 0.3) is 5.91 Å². The van der Waals surface area contributed by atoms with Crippen LogP contribution < -0.4 is 15.4 Å². The number of hydrogen-bond acceptors (Lipinski definition) is 3. The fourth-order valence-corrected chi connectivity index (χ4v) is 1.78. The number of methoxy groups -OCH3 is 1. The van der Waals surface area contributed by atoms with Crippen LogP contribution in [0.5, 0.6) is 5.75 Å². The van der Waals surface area contributed by atoms with Gasteiger partial charge >= 0.3 is 0 Å². The monoisotopic (exact) mass is 302 g/mol. The van der Waals surface area contributed by atoms with E-state index in [1.165, 1.54) is 18.2 Å². The SMILES string of the molecule is COc1ccc(NC(=O)CNC(=O)c2ccccc2F)cc1. The Labute approximate surface area is 127 Å². The van der Waals surface area contributed by atoms with Gasteiger partial charge in [-0.2, -0.15) is 0 Å². The number of anilines is 1. The zero-order valence-electron chi connectivity index (χ0n) is 11.9. The summed E-state index contributed by atoms with van der Waals surface area (Å²) in [5.74, 6) is -1.00. The molecule has 2 amide bonds. The van der Waals surface area contributed by atoms with Crippen molar-refractivity contribution >= 4 is 17.5 Å². The Morgan fingerprint density at radius 3 is 2.41 bits per heavy atom. The van der Waals surface area contributed by atoms with Crippen molar-refractivity contribution in [3.05, 3.63) is 59.9 Å². The molecule has 0 aliphatic rings. The van der Waals surface area contributed by atoms with Crippen molar-refractivity contribution in [2.24, 2.45) is 0 Å². The topological polar surface area (TPSA) is 67.4 Å². The van der Waals surface area contributed by atoms with Gasteiger partial charge in [0.2, 0.25) is 5.91 Å². The van der Waals surface area contributed by atoms with E-state index in [1.54, 1.807) is 37.4 Å². The number of hydrogen-bond donors (Lipinski definition) is 2. The summed E-state index contributed by atoms with van der Waals surface area (Å²) in [7, 11) is 1.55. The number of halogens is 1. The second kappa shape index (κ2) is 7.21. The van der Waals surface area contributed by atoms with Crippen LogP contribution in [0.3, 0.4) is 0 Å². The first-order valence-corrected chi connectivity index (χ1v) is 6.57. The third-order valence-electron chi connectivity index (χ3n) is 2.90. The van der Waals surface area contributed by atoms with Crippen LogP contribution in [0, 0.1) is 5.82 Å². The number of nitrogens with one attached hydrogen (secondary N) is 2. The van der Waals surface area contributed by atoms with E-state index in [4.69, 9.17) is 4.74 Å². The van der Waals surface area contributed by atoms with E-state index in [9.17, 15) is 14.0 Å². The lowest BCUT2D eigenvalue weighted by molar-refractivity contribution is -0.115. The maximum atomic E-state index is 13.4. The van der Waals surface area contributed by atoms with E-state index < -0.39 is 17.6 Å². The lowest BCUT2D eigenvalue weighted by Crippen LogP contribution is -2.33. The highest BCUT2D eigenvalue weighted by atomic mass is 19.1. The molecule has 5 nitrogen and oxygen atoms in total. The molecule has 0 spiro atoms. The number of rotatable bonds is 5. The van der Waals surface area contributed by atoms with Gasteiger partial charge in [0.15, 0.2) is 0 Å². The minimum absolute atomic E-state index is 0.0975. The summed E-state index contributed by atoms with van der Waals surface area (Å²) in [6.45, 7) is -0.251. The van der Waals surface area contributed by atoms with Crippen LogP contribution in [0.15, 0.2) is 48.5 Å². The highest BCUT2D eigenvalue weighted by Crippen LogP contribution is 2.14. The van der Waals surface area contributed by atoms with Gasteiger partial charge in [0.1, 0.15) is 11.6 Å². The van der Waals surface area contributed by atoms with Gasteiger partial charge in [-0.25, -0.2) is 4.39 Å². The molecule has 0 atom stereocenters. The van der Waals surface area contributed by atoms with Crippen molar-refractivity contribution < 1.29 is 18.7 Å². The standard InChI is InChI=1S/C16H15FN2O3/c1-22-12-8-6-11(7-9-12)19-15(20)10-18-16(21)13-4-2-3-5-14(13)17/h2-9H,10H2,1H3,(H,18,21)(H,19,20). The van der Waals surface area contributed by atoms with Crippen LogP contribution in [0.1, 0.15) is 10.4 Å². The van der Waals surface area contributed by atoms with Crippen LogP contribution in [0.2, 0.25) is 0 Å². The number of ether oxygens (including phenoxy) is 1. The van der Waals surface area contributed by atoms with Crippen LogP contribution in [-0.4, -0.2) is 25.5 Å². The van der Waals surface area contributed by atoms with E-state index in [2.05, 4.69) is 10.6 Å². The first kappa shape index (κ1) is 15.5. The Bertz CT molecular complexity index is 671. The summed E-state index contributed by atoms with van der Waals surface area (Å²) in [6, 6.07) is 12.3. The van der Waals surface area contributed by atoms with Gasteiger partial charge in [-0.05, 0) is 36.4 Å². The van der Waals surface area contributed by atoms with Crippen LogP contribution >= 0.6 is 0 Å². The molecule has 114 valence electrons. The van der Waals surface area contributed by atoms with E-state index in [1.807, 2.05) is 0 Å². The van der Waals surface area contributed by atoms with Crippen LogP contribution in [-0.2, 0) is 4.79 Å². The molecule has 2 aromatic rings. The van der Waals surface area contributed by atoms with Gasteiger partial charge in [0, 0.05) is 5.69 Å². The lowest BCUT2D eigenvalue weighted by Gasteiger charge is -2.08. The highest BCUT2D eigenvalue weighted by molar-refractivity contribution is 5.99. The van der Waals surface area contributed by atoms with Crippen molar-refractivity contribution in [2.45, 2.75) is 0 Å². The molecule has 0 saturated carbocycles. The highest BCUT2D eigenvalue weighted by Gasteiger charge is 2.12. The average Bonchev–Trinajstić information content (AvgIpc) is 2.54. The first-order chi connectivity index (χ1) is 10.6. The van der Waals surface area contributed by atoms with Crippen molar-refractivity contribution in [3.63, 3.8) is 0 Å². The van der Waals surface area contributed by atoms with Crippen molar-refractivity contribution in [1.82, 2.24) is 5.32 Å². The molecule has 0 radical (unpaired) electrons. The molecule has 6 heteroatoms. The average molecular weight is 302 g/mol. The Morgan fingerprint density at radius 2 is 1.77 bits per heavy atom. The van der Waals surface area contributed by atoms with Gasteiger partial charge in [-0.3, -0.25) is 9.59 Å². The predicted octanol–water partition coefficient (Wildman–Crippen LogP) is 2.20. The van der Waals surface area contributed by atoms with Gasteiger partial charge < -0.3 is 15.4 Å². The van der Waals surface area contributed by atoms with Gasteiger partial charge in [-0.1, -0.05) is 12.1 Å². The molecular formula is C16H15FN2O3. The molecule has 0 aliphatic heterocycles. The van der Waals surface area contributed by atoms with Gasteiger partial charge in [-0.15, -0.1) is 0 Å². The largest absolute Gasteiger partial charge is 0.497 e. The Morgan fingerprint density at radius 1 is 1.09 bits per heavy atom. The summed E-state index contributed by atoms with van der Waals surface area (Å²) >= 11 is 0. The Hall–Kier alpha value is -2.89. The van der Waals surface area contributed by atoms with E-state index >= 15 is 0 Å². The molecule has 0 bridgehead atoms. The van der Waals surface area contributed by atoms with Crippen molar-refractivity contribution in [1.29, 1.82) is 0 Å². The predicted molar refractivity (Wildman–Crippen MR) is 80.4 cm³/mol. The Kier molecular flexibility index (Phi) is 5.08. The maximum Gasteiger partial charge on any atom is 0.254 e. The number of carbonyl (C=O) groups is 2. The maximum absolute atomic E-state index is 13.4. The van der Waals surface area contributed by atoms with Crippen LogP contribution in [0.25, 0.3) is 0 Å². The summed E-state index contributed by atoms with van der Waals surface area (Å²) in [5.41, 5.74) is 0.477. The fraction of sp³-hybridized carbons (Fsp3) is 0.125. The van der Waals surface area contributed by atoms with E-state index in [-0.39, 0.29) is 12.1 Å². The summed E-state index contributed by atoms with van der Waals surface area (Å²) in [5, 5.41) is 4.98. The molecule has 0 heterocycles. The number of benzene rings is 2. The van der Waals surface area contributed by atoms with Crippen molar-refractivity contribution in [3.8, 4) is 5.75 Å². The zero-order chi connectivity index (χ0) is 15.9. The quantitative estimate of drug-likeness (QED) is 0.890. The third-order valence-corrected chi connectivity index (χ3v) is 2.90. The van der Waals surface area contributed by atoms with Crippen molar-refractivity contribution in [2.75, 3.05) is 19.0 Å². The second-order valence-electron chi connectivity index (χ2n) is 4.44. The minimum Gasteiger partial charge on any atom is -0.497 e. The number of carbonyl (C=O) groups excluding carboxylic acids is 2. The first-order valence-electron chi connectivity index (χ1n) is 6.57. The molecule has 2 rings (SSSR count). The molecule has 0 unspecified atom stereocenters. The third kappa shape index (κ3) is 4.05. The van der Waals surface area contributed by atoms with Crippen LogP contribution in [0.4, 0.5) is 10.1 Å². The molecule has 0 saturated heterocycles. The van der Waals surface area contributed by atoms with E-state index in [0.29, 0.717) is 11.4 Å². The smallest absolute Gasteiger partial charge is 0.254 e. The van der Waals surface area contributed by atoms with E-state index in [0.717, 1.165) is 0 Å². The molecule has 0 fully saturated rings. The molecular weight excluding hydrogens is 287 g/mol. The molecule has 2 aromatic carbocycles. The summed E-state index contributed by atoms with van der Waals surface area (Å²) < 4.78 is 18.4. The molecule has 0 aliphatic carbocycles. The molecule has 2 N–H and O–H groups in total. The zero-order valence-corrected chi connectivity index (χ0v) is 11.9. The lowest BCUT2D eigenvalue weighted by atomic mass is 10.2.